The highest BCUT2D eigenvalue weighted by Gasteiger charge is 2.41. The summed E-state index contributed by atoms with van der Waals surface area (Å²) in [4.78, 5) is 38.1. The monoisotopic (exact) mass is 404 g/mol. The van der Waals surface area contributed by atoms with Gasteiger partial charge >= 0.3 is 12.1 Å². The fraction of sp³-hybridized carbons (Fsp3) is 0.588. The average Bonchev–Trinajstić information content (AvgIpc) is 3.13. The van der Waals surface area contributed by atoms with Crippen LogP contribution in [0.4, 0.5) is 18.2 Å². The number of likely N-dealkylation sites (tertiary alicyclic amines) is 1. The molecule has 0 aromatic carbocycles. The fourth-order valence-corrected chi connectivity index (χ4v) is 4.78. The van der Waals surface area contributed by atoms with E-state index >= 15 is 0 Å². The molecule has 6 nitrogen and oxygen atoms in total. The number of methoxy groups -OCH3 is 1. The minimum atomic E-state index is -4.51. The first-order chi connectivity index (χ1) is 12.7. The van der Waals surface area contributed by atoms with E-state index in [2.05, 4.69) is 5.32 Å². The number of nitrogens with one attached hydrogen (secondary N) is 1. The third kappa shape index (κ3) is 4.26. The summed E-state index contributed by atoms with van der Waals surface area (Å²) in [6.07, 6.45) is -1.34. The summed E-state index contributed by atoms with van der Waals surface area (Å²) in [6.45, 7) is -1.65. The van der Waals surface area contributed by atoms with Crippen molar-refractivity contribution in [3.8, 4) is 0 Å². The molecule has 27 heavy (non-hydrogen) atoms. The zero-order chi connectivity index (χ0) is 19.8. The number of carbonyl (C=O) groups is 3. The molecule has 10 heteroatoms. The first-order valence-corrected chi connectivity index (χ1v) is 9.39. The highest BCUT2D eigenvalue weighted by atomic mass is 32.1. The van der Waals surface area contributed by atoms with Crippen LogP contribution in [-0.4, -0.2) is 49.1 Å². The number of hydrogen-bond donors (Lipinski definition) is 1. The number of hydrogen-bond acceptors (Lipinski definition) is 5. The summed E-state index contributed by atoms with van der Waals surface area (Å²) >= 11 is 1.29. The normalized spacial score (nSPS) is 19.8. The van der Waals surface area contributed by atoms with Gasteiger partial charge in [0.1, 0.15) is 11.5 Å². The van der Waals surface area contributed by atoms with E-state index in [9.17, 15) is 27.6 Å². The van der Waals surface area contributed by atoms with Crippen molar-refractivity contribution >= 4 is 34.1 Å². The summed E-state index contributed by atoms with van der Waals surface area (Å²) < 4.78 is 42.4. The van der Waals surface area contributed by atoms with E-state index in [1.165, 1.54) is 18.4 Å². The molecule has 0 bridgehead atoms. The van der Waals surface area contributed by atoms with Gasteiger partial charge in [0.15, 0.2) is 0 Å². The van der Waals surface area contributed by atoms with Crippen molar-refractivity contribution in [2.45, 2.75) is 38.3 Å². The van der Waals surface area contributed by atoms with Gasteiger partial charge in [0, 0.05) is 17.8 Å². The lowest BCUT2D eigenvalue weighted by atomic mass is 9.95. The number of thiophene rings is 1. The number of rotatable bonds is 4. The number of ether oxygens (including phenoxy) is 1. The van der Waals surface area contributed by atoms with Crippen molar-refractivity contribution in [3.05, 3.63) is 16.0 Å². The van der Waals surface area contributed by atoms with Crippen molar-refractivity contribution in [3.63, 3.8) is 0 Å². The molecule has 2 amide bonds. The van der Waals surface area contributed by atoms with Crippen molar-refractivity contribution in [1.29, 1.82) is 0 Å². The highest BCUT2D eigenvalue weighted by molar-refractivity contribution is 7.17. The van der Waals surface area contributed by atoms with Gasteiger partial charge in [-0.1, -0.05) is 0 Å². The average molecular weight is 404 g/mol. The highest BCUT2D eigenvalue weighted by Crippen LogP contribution is 2.39. The number of alkyl halides is 3. The maximum Gasteiger partial charge on any atom is 0.406 e. The molecular weight excluding hydrogens is 385 g/mol. The Hall–Kier alpha value is -2.10. The summed E-state index contributed by atoms with van der Waals surface area (Å²) in [6, 6.07) is 0. The minimum absolute atomic E-state index is 0.277. The number of esters is 1. The first-order valence-electron chi connectivity index (χ1n) is 8.58. The molecule has 0 saturated carbocycles. The number of anilines is 1. The first kappa shape index (κ1) is 19.7. The lowest BCUT2D eigenvalue weighted by Gasteiger charge is -2.18. The Morgan fingerprint density at radius 3 is 2.67 bits per heavy atom. The largest absolute Gasteiger partial charge is 0.465 e. The second-order valence-corrected chi connectivity index (χ2v) is 7.79. The van der Waals surface area contributed by atoms with Crippen molar-refractivity contribution in [2.75, 3.05) is 25.5 Å². The number of fused-ring (bicyclic) bond motifs is 1. The molecule has 1 N–H and O–H groups in total. The standard InChI is InChI=1S/C17H19F3N2O4S/c1-26-16(25)13-10-4-2-3-5-11(10)27-15(13)21-14(24)9-6-12(23)22(7-9)8-17(18,19)20/h9H,2-8H2,1H3,(H,21,24). The van der Waals surface area contributed by atoms with Gasteiger partial charge in [-0.25, -0.2) is 4.79 Å². The zero-order valence-corrected chi connectivity index (χ0v) is 15.5. The molecule has 1 unspecified atom stereocenters. The fourth-order valence-electron chi connectivity index (χ4n) is 3.50. The lowest BCUT2D eigenvalue weighted by Crippen LogP contribution is -2.36. The van der Waals surface area contributed by atoms with Crippen LogP contribution in [0.25, 0.3) is 0 Å². The van der Waals surface area contributed by atoms with Crippen molar-refractivity contribution < 1.29 is 32.3 Å². The molecule has 1 saturated heterocycles. The smallest absolute Gasteiger partial charge is 0.406 e. The van der Waals surface area contributed by atoms with E-state index in [4.69, 9.17) is 4.74 Å². The molecule has 0 spiro atoms. The third-order valence-corrected chi connectivity index (χ3v) is 5.96. The van der Waals surface area contributed by atoms with Gasteiger partial charge in [0.2, 0.25) is 11.8 Å². The van der Waals surface area contributed by atoms with Gasteiger partial charge < -0.3 is 15.0 Å². The SMILES string of the molecule is COC(=O)c1c(NC(=O)C2CC(=O)N(CC(F)(F)F)C2)sc2c1CCCC2. The van der Waals surface area contributed by atoms with Gasteiger partial charge in [0.05, 0.1) is 18.6 Å². The minimum Gasteiger partial charge on any atom is -0.465 e. The summed E-state index contributed by atoms with van der Waals surface area (Å²) in [5.74, 6) is -2.70. The van der Waals surface area contributed by atoms with E-state index in [1.807, 2.05) is 0 Å². The van der Waals surface area contributed by atoms with E-state index in [0.29, 0.717) is 21.9 Å². The Labute approximate surface area is 157 Å². The third-order valence-electron chi connectivity index (χ3n) is 4.75. The molecule has 0 radical (unpaired) electrons. The Kier molecular flexibility index (Phi) is 5.45. The topological polar surface area (TPSA) is 75.7 Å². The van der Waals surface area contributed by atoms with Gasteiger partial charge in [-0.15, -0.1) is 11.3 Å². The lowest BCUT2D eigenvalue weighted by molar-refractivity contribution is -0.157. The van der Waals surface area contributed by atoms with Crippen LogP contribution in [0.5, 0.6) is 0 Å². The van der Waals surface area contributed by atoms with Crippen LogP contribution < -0.4 is 5.32 Å². The molecule has 2 heterocycles. The predicted octanol–water partition coefficient (Wildman–Crippen LogP) is 2.76. The Bertz CT molecular complexity index is 775. The van der Waals surface area contributed by atoms with Crippen molar-refractivity contribution in [1.82, 2.24) is 4.90 Å². The molecule has 1 atom stereocenters. The second kappa shape index (κ2) is 7.49. The summed E-state index contributed by atoms with van der Waals surface area (Å²) in [5, 5.41) is 3.00. The quantitative estimate of drug-likeness (QED) is 0.783. The van der Waals surface area contributed by atoms with Crippen LogP contribution in [0.3, 0.4) is 0 Å². The van der Waals surface area contributed by atoms with Gasteiger partial charge in [0.25, 0.3) is 0 Å². The molecule has 1 aliphatic carbocycles. The Balaban J connectivity index is 1.76. The van der Waals surface area contributed by atoms with Crippen LogP contribution in [0, 0.1) is 5.92 Å². The Morgan fingerprint density at radius 1 is 1.30 bits per heavy atom. The van der Waals surface area contributed by atoms with E-state index in [-0.39, 0.29) is 13.0 Å². The predicted molar refractivity (Wildman–Crippen MR) is 91.7 cm³/mol. The molecule has 2 aliphatic rings. The number of nitrogens with zero attached hydrogens (tertiary/aromatic N) is 1. The molecule has 1 fully saturated rings. The maximum atomic E-state index is 12.5. The second-order valence-electron chi connectivity index (χ2n) is 6.69. The van der Waals surface area contributed by atoms with Crippen LogP contribution >= 0.6 is 11.3 Å². The van der Waals surface area contributed by atoms with Gasteiger partial charge in [-0.3, -0.25) is 9.59 Å². The molecule has 1 aliphatic heterocycles. The molecular formula is C17H19F3N2O4S. The number of carbonyl (C=O) groups excluding carboxylic acids is 3. The van der Waals surface area contributed by atoms with E-state index in [0.717, 1.165) is 29.7 Å². The molecule has 1 aromatic rings. The maximum absolute atomic E-state index is 12.5. The molecule has 1 aromatic heterocycles. The van der Waals surface area contributed by atoms with Crippen LogP contribution in [0.1, 0.15) is 40.1 Å². The molecule has 148 valence electrons. The van der Waals surface area contributed by atoms with E-state index < -0.39 is 36.4 Å². The van der Waals surface area contributed by atoms with Gasteiger partial charge in [-0.2, -0.15) is 13.2 Å². The van der Waals surface area contributed by atoms with Gasteiger partial charge in [-0.05, 0) is 31.2 Å². The zero-order valence-electron chi connectivity index (χ0n) is 14.6. The number of amides is 2. The number of aryl methyl sites for hydroxylation is 1. The summed E-state index contributed by atoms with van der Waals surface area (Å²) in [5.41, 5.74) is 1.19. The van der Waals surface area contributed by atoms with Crippen LogP contribution in [-0.2, 0) is 27.2 Å². The van der Waals surface area contributed by atoms with E-state index in [1.54, 1.807) is 0 Å². The summed E-state index contributed by atoms with van der Waals surface area (Å²) in [7, 11) is 1.26. The molecule has 3 rings (SSSR count). The van der Waals surface area contributed by atoms with Crippen molar-refractivity contribution in [2.24, 2.45) is 5.92 Å². The van der Waals surface area contributed by atoms with Crippen LogP contribution in [0.15, 0.2) is 0 Å². The van der Waals surface area contributed by atoms with Crippen LogP contribution in [0.2, 0.25) is 0 Å². The number of halogens is 3. The Morgan fingerprint density at radius 2 is 2.00 bits per heavy atom.